The van der Waals surface area contributed by atoms with E-state index in [0.29, 0.717) is 28.7 Å². The SMILES string of the molecule is COc1ccc(NC(=O)C(C)Oc2ccccc2)cc1-n1nnnc1C. The number of methoxy groups -OCH3 is 1. The fourth-order valence-corrected chi connectivity index (χ4v) is 2.39. The second kappa shape index (κ2) is 7.64. The van der Waals surface area contributed by atoms with E-state index in [9.17, 15) is 4.79 Å². The van der Waals surface area contributed by atoms with Crippen molar-refractivity contribution in [1.29, 1.82) is 0 Å². The zero-order valence-corrected chi connectivity index (χ0v) is 14.7. The van der Waals surface area contributed by atoms with Crippen molar-refractivity contribution in [3.05, 3.63) is 54.4 Å². The van der Waals surface area contributed by atoms with Gasteiger partial charge in [0.1, 0.15) is 17.2 Å². The molecule has 1 aromatic heterocycles. The van der Waals surface area contributed by atoms with Crippen molar-refractivity contribution in [3.8, 4) is 17.2 Å². The van der Waals surface area contributed by atoms with E-state index in [-0.39, 0.29) is 5.91 Å². The van der Waals surface area contributed by atoms with Crippen LogP contribution in [0.3, 0.4) is 0 Å². The summed E-state index contributed by atoms with van der Waals surface area (Å²) in [7, 11) is 1.56. The molecule has 0 aliphatic rings. The van der Waals surface area contributed by atoms with Crippen molar-refractivity contribution in [2.45, 2.75) is 20.0 Å². The Balaban J connectivity index is 1.77. The van der Waals surface area contributed by atoms with Crippen LogP contribution in [0.25, 0.3) is 5.69 Å². The number of hydrogen-bond donors (Lipinski definition) is 1. The number of ether oxygens (including phenoxy) is 2. The van der Waals surface area contributed by atoms with Crippen LogP contribution in [-0.4, -0.2) is 39.3 Å². The molecule has 0 spiro atoms. The molecule has 0 aliphatic carbocycles. The molecule has 8 heteroatoms. The molecular weight excluding hydrogens is 334 g/mol. The highest BCUT2D eigenvalue weighted by molar-refractivity contribution is 5.94. The third-order valence-corrected chi connectivity index (χ3v) is 3.73. The Morgan fingerprint density at radius 2 is 1.96 bits per heavy atom. The molecule has 0 fully saturated rings. The third kappa shape index (κ3) is 3.80. The molecule has 0 saturated carbocycles. The van der Waals surface area contributed by atoms with Crippen LogP contribution in [0.4, 0.5) is 5.69 Å². The van der Waals surface area contributed by atoms with Crippen LogP contribution in [0.2, 0.25) is 0 Å². The monoisotopic (exact) mass is 353 g/mol. The smallest absolute Gasteiger partial charge is 0.265 e. The van der Waals surface area contributed by atoms with Crippen molar-refractivity contribution in [2.75, 3.05) is 12.4 Å². The Kier molecular flexibility index (Phi) is 5.12. The largest absolute Gasteiger partial charge is 0.494 e. The first-order chi connectivity index (χ1) is 12.6. The maximum Gasteiger partial charge on any atom is 0.265 e. The summed E-state index contributed by atoms with van der Waals surface area (Å²) in [5.74, 6) is 1.56. The lowest BCUT2D eigenvalue weighted by molar-refractivity contribution is -0.122. The molecule has 1 heterocycles. The Morgan fingerprint density at radius 1 is 1.19 bits per heavy atom. The molecule has 3 rings (SSSR count). The van der Waals surface area contributed by atoms with Gasteiger partial charge in [-0.2, -0.15) is 4.68 Å². The Hall–Kier alpha value is -3.42. The van der Waals surface area contributed by atoms with E-state index in [1.165, 1.54) is 0 Å². The van der Waals surface area contributed by atoms with Gasteiger partial charge in [-0.1, -0.05) is 18.2 Å². The first-order valence-electron chi connectivity index (χ1n) is 8.04. The van der Waals surface area contributed by atoms with Gasteiger partial charge in [-0.15, -0.1) is 5.10 Å². The number of benzene rings is 2. The first kappa shape index (κ1) is 17.4. The van der Waals surface area contributed by atoms with Crippen molar-refractivity contribution in [2.24, 2.45) is 0 Å². The van der Waals surface area contributed by atoms with Crippen molar-refractivity contribution in [1.82, 2.24) is 20.2 Å². The fourth-order valence-electron chi connectivity index (χ4n) is 2.39. The first-order valence-corrected chi connectivity index (χ1v) is 8.04. The standard InChI is InChI=1S/C18H19N5O3/c1-12(26-15-7-5-4-6-8-15)18(24)19-14-9-10-17(25-3)16(11-14)23-13(2)20-21-22-23/h4-12H,1-3H3,(H,19,24). The van der Waals surface area contributed by atoms with Crippen LogP contribution in [0, 0.1) is 6.92 Å². The van der Waals surface area contributed by atoms with Crippen molar-refractivity contribution < 1.29 is 14.3 Å². The van der Waals surface area contributed by atoms with E-state index in [1.54, 1.807) is 56.0 Å². The predicted molar refractivity (Wildman–Crippen MR) is 95.6 cm³/mol. The van der Waals surface area contributed by atoms with Gasteiger partial charge in [-0.25, -0.2) is 0 Å². The molecule has 26 heavy (non-hydrogen) atoms. The number of tetrazole rings is 1. The van der Waals surface area contributed by atoms with Gasteiger partial charge in [0.05, 0.1) is 7.11 Å². The fraction of sp³-hybridized carbons (Fsp3) is 0.222. The molecule has 3 aromatic rings. The lowest BCUT2D eigenvalue weighted by Gasteiger charge is -2.16. The Bertz CT molecular complexity index is 895. The number of carbonyl (C=O) groups excluding carboxylic acids is 1. The summed E-state index contributed by atoms with van der Waals surface area (Å²) in [6, 6.07) is 14.4. The lowest BCUT2D eigenvalue weighted by Crippen LogP contribution is -2.30. The number of amides is 1. The molecule has 1 N–H and O–H groups in total. The Labute approximate surface area is 150 Å². The third-order valence-electron chi connectivity index (χ3n) is 3.73. The second-order valence-electron chi connectivity index (χ2n) is 5.59. The number of aromatic nitrogens is 4. The molecule has 0 bridgehead atoms. The van der Waals surface area contributed by atoms with Gasteiger partial charge in [-0.05, 0) is 54.6 Å². The van der Waals surface area contributed by atoms with E-state index in [0.717, 1.165) is 0 Å². The predicted octanol–water partition coefficient (Wildman–Crippen LogP) is 2.39. The maximum atomic E-state index is 12.4. The number of anilines is 1. The van der Waals surface area contributed by atoms with Crippen LogP contribution >= 0.6 is 0 Å². The van der Waals surface area contributed by atoms with Crippen molar-refractivity contribution >= 4 is 11.6 Å². The van der Waals surface area contributed by atoms with Gasteiger partial charge in [0.25, 0.3) is 5.91 Å². The van der Waals surface area contributed by atoms with Crippen LogP contribution in [-0.2, 0) is 4.79 Å². The van der Waals surface area contributed by atoms with Crippen LogP contribution in [0.1, 0.15) is 12.7 Å². The molecule has 0 saturated heterocycles. The molecule has 0 aliphatic heterocycles. The zero-order chi connectivity index (χ0) is 18.5. The number of hydrogen-bond acceptors (Lipinski definition) is 6. The van der Waals surface area contributed by atoms with Crippen LogP contribution in [0.5, 0.6) is 11.5 Å². The lowest BCUT2D eigenvalue weighted by atomic mass is 10.2. The molecule has 1 amide bonds. The highest BCUT2D eigenvalue weighted by Crippen LogP contribution is 2.26. The topological polar surface area (TPSA) is 91.2 Å². The minimum absolute atomic E-state index is 0.265. The summed E-state index contributed by atoms with van der Waals surface area (Å²) in [4.78, 5) is 12.4. The molecular formula is C18H19N5O3. The van der Waals surface area contributed by atoms with Gasteiger partial charge < -0.3 is 14.8 Å². The molecule has 8 nitrogen and oxygen atoms in total. The number of carbonyl (C=O) groups is 1. The highest BCUT2D eigenvalue weighted by atomic mass is 16.5. The summed E-state index contributed by atoms with van der Waals surface area (Å²) in [6.07, 6.45) is -0.655. The molecule has 1 atom stereocenters. The van der Waals surface area contributed by atoms with Gasteiger partial charge in [-0.3, -0.25) is 4.79 Å². The minimum Gasteiger partial charge on any atom is -0.494 e. The summed E-state index contributed by atoms with van der Waals surface area (Å²) < 4.78 is 12.5. The van der Waals surface area contributed by atoms with Crippen LogP contribution in [0.15, 0.2) is 48.5 Å². The van der Waals surface area contributed by atoms with E-state index in [4.69, 9.17) is 9.47 Å². The second-order valence-corrected chi connectivity index (χ2v) is 5.59. The molecule has 0 radical (unpaired) electrons. The summed E-state index contributed by atoms with van der Waals surface area (Å²) in [6.45, 7) is 3.47. The number of nitrogens with one attached hydrogen (secondary N) is 1. The molecule has 134 valence electrons. The quantitative estimate of drug-likeness (QED) is 0.732. The van der Waals surface area contributed by atoms with Gasteiger partial charge in [0.15, 0.2) is 11.9 Å². The van der Waals surface area contributed by atoms with E-state index < -0.39 is 6.10 Å². The summed E-state index contributed by atoms with van der Waals surface area (Å²) >= 11 is 0. The average molecular weight is 353 g/mol. The van der Waals surface area contributed by atoms with E-state index in [1.807, 2.05) is 18.2 Å². The zero-order valence-electron chi connectivity index (χ0n) is 14.7. The minimum atomic E-state index is -0.655. The molecule has 2 aromatic carbocycles. The normalized spacial score (nSPS) is 11.7. The molecule has 1 unspecified atom stereocenters. The van der Waals surface area contributed by atoms with Gasteiger partial charge >= 0.3 is 0 Å². The average Bonchev–Trinajstić information content (AvgIpc) is 3.08. The number of aryl methyl sites for hydroxylation is 1. The summed E-state index contributed by atoms with van der Waals surface area (Å²) in [5, 5.41) is 14.3. The number of rotatable bonds is 6. The van der Waals surface area contributed by atoms with Gasteiger partial charge in [0.2, 0.25) is 0 Å². The van der Waals surface area contributed by atoms with E-state index in [2.05, 4.69) is 20.8 Å². The van der Waals surface area contributed by atoms with Gasteiger partial charge in [0, 0.05) is 5.69 Å². The van der Waals surface area contributed by atoms with Crippen molar-refractivity contribution in [3.63, 3.8) is 0 Å². The number of para-hydroxylation sites is 1. The summed E-state index contributed by atoms with van der Waals surface area (Å²) in [5.41, 5.74) is 1.22. The van der Waals surface area contributed by atoms with Crippen LogP contribution < -0.4 is 14.8 Å². The number of nitrogens with zero attached hydrogens (tertiary/aromatic N) is 4. The Morgan fingerprint density at radius 3 is 2.62 bits per heavy atom. The highest BCUT2D eigenvalue weighted by Gasteiger charge is 2.17. The van der Waals surface area contributed by atoms with E-state index >= 15 is 0 Å². The maximum absolute atomic E-state index is 12.4.